The van der Waals surface area contributed by atoms with Crippen molar-refractivity contribution in [1.82, 2.24) is 10.3 Å². The molecule has 0 atom stereocenters. The van der Waals surface area contributed by atoms with Gasteiger partial charge in [0.2, 0.25) is 0 Å². The van der Waals surface area contributed by atoms with Gasteiger partial charge in [-0.3, -0.25) is 4.98 Å². The molecule has 20 heavy (non-hydrogen) atoms. The standard InChI is InChI=1S/C18H18N2/c1-2-19-13-14-5-3-6-16(11-14)17-9-8-15-7-4-10-20-18(15)12-17/h3-12,19H,2,13H2,1H3. The van der Waals surface area contributed by atoms with Crippen LogP contribution < -0.4 is 5.32 Å². The molecular formula is C18H18N2. The van der Waals surface area contributed by atoms with E-state index < -0.39 is 0 Å². The van der Waals surface area contributed by atoms with Crippen LogP contribution in [0.3, 0.4) is 0 Å². The Hall–Kier alpha value is -2.19. The van der Waals surface area contributed by atoms with Crippen LogP contribution in [0.15, 0.2) is 60.8 Å². The summed E-state index contributed by atoms with van der Waals surface area (Å²) in [4.78, 5) is 4.43. The average Bonchev–Trinajstić information content (AvgIpc) is 2.53. The van der Waals surface area contributed by atoms with E-state index in [9.17, 15) is 0 Å². The lowest BCUT2D eigenvalue weighted by Gasteiger charge is -2.07. The molecule has 0 saturated heterocycles. The maximum Gasteiger partial charge on any atom is 0.0708 e. The number of nitrogens with zero attached hydrogens (tertiary/aromatic N) is 1. The van der Waals surface area contributed by atoms with Crippen molar-refractivity contribution in [2.45, 2.75) is 13.5 Å². The van der Waals surface area contributed by atoms with Crippen molar-refractivity contribution >= 4 is 10.9 Å². The molecule has 0 bridgehead atoms. The van der Waals surface area contributed by atoms with Gasteiger partial charge >= 0.3 is 0 Å². The largest absolute Gasteiger partial charge is 0.313 e. The van der Waals surface area contributed by atoms with Gasteiger partial charge in [-0.25, -0.2) is 0 Å². The molecule has 3 rings (SSSR count). The summed E-state index contributed by atoms with van der Waals surface area (Å²) in [7, 11) is 0. The van der Waals surface area contributed by atoms with Crippen LogP contribution in [-0.4, -0.2) is 11.5 Å². The van der Waals surface area contributed by atoms with Gasteiger partial charge in [-0.2, -0.15) is 0 Å². The molecule has 0 aliphatic carbocycles. The number of aromatic nitrogens is 1. The Kier molecular flexibility index (Phi) is 3.75. The van der Waals surface area contributed by atoms with Gasteiger partial charge in [0.15, 0.2) is 0 Å². The Bertz CT molecular complexity index is 719. The zero-order valence-corrected chi connectivity index (χ0v) is 11.6. The van der Waals surface area contributed by atoms with E-state index in [1.54, 1.807) is 0 Å². The molecule has 0 fully saturated rings. The molecule has 3 aromatic rings. The molecule has 1 aromatic heterocycles. The summed E-state index contributed by atoms with van der Waals surface area (Å²) in [6, 6.07) is 19.2. The Balaban J connectivity index is 1.97. The molecule has 0 spiro atoms. The van der Waals surface area contributed by atoms with E-state index in [0.29, 0.717) is 0 Å². The summed E-state index contributed by atoms with van der Waals surface area (Å²) in [5.41, 5.74) is 4.81. The maximum absolute atomic E-state index is 4.43. The van der Waals surface area contributed by atoms with Gasteiger partial charge in [-0.05, 0) is 41.4 Å². The highest BCUT2D eigenvalue weighted by Crippen LogP contribution is 2.24. The van der Waals surface area contributed by atoms with E-state index in [4.69, 9.17) is 0 Å². The molecule has 2 aromatic carbocycles. The van der Waals surface area contributed by atoms with Crippen molar-refractivity contribution in [2.24, 2.45) is 0 Å². The molecule has 2 heteroatoms. The number of fused-ring (bicyclic) bond motifs is 1. The second kappa shape index (κ2) is 5.85. The monoisotopic (exact) mass is 262 g/mol. The van der Waals surface area contributed by atoms with Crippen molar-refractivity contribution in [3.63, 3.8) is 0 Å². The van der Waals surface area contributed by atoms with Crippen LogP contribution in [0.2, 0.25) is 0 Å². The van der Waals surface area contributed by atoms with Gasteiger partial charge in [-0.1, -0.05) is 43.3 Å². The van der Waals surface area contributed by atoms with E-state index in [1.165, 1.54) is 22.1 Å². The lowest BCUT2D eigenvalue weighted by molar-refractivity contribution is 0.727. The van der Waals surface area contributed by atoms with Crippen LogP contribution in [-0.2, 0) is 6.54 Å². The molecule has 0 aliphatic heterocycles. The van der Waals surface area contributed by atoms with E-state index in [1.807, 2.05) is 12.3 Å². The number of pyridine rings is 1. The van der Waals surface area contributed by atoms with Crippen molar-refractivity contribution in [2.75, 3.05) is 6.54 Å². The zero-order chi connectivity index (χ0) is 13.8. The topological polar surface area (TPSA) is 24.9 Å². The van der Waals surface area contributed by atoms with Crippen LogP contribution >= 0.6 is 0 Å². The zero-order valence-electron chi connectivity index (χ0n) is 11.6. The first-order valence-electron chi connectivity index (χ1n) is 7.01. The minimum atomic E-state index is 0.913. The lowest BCUT2D eigenvalue weighted by atomic mass is 10.0. The Labute approximate surface area is 119 Å². The number of hydrogen-bond donors (Lipinski definition) is 1. The summed E-state index contributed by atoms with van der Waals surface area (Å²) < 4.78 is 0. The summed E-state index contributed by atoms with van der Waals surface area (Å²) in [6.45, 7) is 4.03. The normalized spacial score (nSPS) is 10.8. The summed E-state index contributed by atoms with van der Waals surface area (Å²) in [5.74, 6) is 0. The van der Waals surface area contributed by atoms with E-state index in [0.717, 1.165) is 18.6 Å². The lowest BCUT2D eigenvalue weighted by Crippen LogP contribution is -2.11. The van der Waals surface area contributed by atoms with Gasteiger partial charge in [0.1, 0.15) is 0 Å². The predicted molar refractivity (Wildman–Crippen MR) is 84.6 cm³/mol. The second-order valence-corrected chi connectivity index (χ2v) is 4.89. The quantitative estimate of drug-likeness (QED) is 0.768. The first-order valence-corrected chi connectivity index (χ1v) is 7.01. The Morgan fingerprint density at radius 1 is 0.950 bits per heavy atom. The fraction of sp³-hybridized carbons (Fsp3) is 0.167. The minimum Gasteiger partial charge on any atom is -0.313 e. The number of rotatable bonds is 4. The number of benzene rings is 2. The Morgan fingerprint density at radius 2 is 1.85 bits per heavy atom. The van der Waals surface area contributed by atoms with E-state index in [-0.39, 0.29) is 0 Å². The van der Waals surface area contributed by atoms with Gasteiger partial charge in [-0.15, -0.1) is 0 Å². The molecule has 100 valence electrons. The van der Waals surface area contributed by atoms with Gasteiger partial charge in [0.25, 0.3) is 0 Å². The molecule has 1 heterocycles. The smallest absolute Gasteiger partial charge is 0.0708 e. The fourth-order valence-electron chi connectivity index (χ4n) is 2.38. The third-order valence-electron chi connectivity index (χ3n) is 3.45. The van der Waals surface area contributed by atoms with Crippen molar-refractivity contribution in [3.05, 3.63) is 66.4 Å². The van der Waals surface area contributed by atoms with Gasteiger partial charge < -0.3 is 5.32 Å². The van der Waals surface area contributed by atoms with E-state index in [2.05, 4.69) is 65.8 Å². The highest BCUT2D eigenvalue weighted by Gasteiger charge is 2.01. The number of hydrogen-bond acceptors (Lipinski definition) is 2. The first-order chi connectivity index (χ1) is 9.86. The van der Waals surface area contributed by atoms with Gasteiger partial charge in [0, 0.05) is 18.1 Å². The second-order valence-electron chi connectivity index (χ2n) is 4.89. The fourth-order valence-corrected chi connectivity index (χ4v) is 2.38. The van der Waals surface area contributed by atoms with Crippen LogP contribution in [0.25, 0.3) is 22.0 Å². The maximum atomic E-state index is 4.43. The molecule has 0 saturated carbocycles. The SMILES string of the molecule is CCNCc1cccc(-c2ccc3cccnc3c2)c1. The first kappa shape index (κ1) is 12.8. The van der Waals surface area contributed by atoms with Crippen LogP contribution in [0, 0.1) is 0 Å². The van der Waals surface area contributed by atoms with E-state index >= 15 is 0 Å². The van der Waals surface area contributed by atoms with Gasteiger partial charge in [0.05, 0.1) is 5.52 Å². The highest BCUT2D eigenvalue weighted by atomic mass is 14.8. The molecule has 2 nitrogen and oxygen atoms in total. The van der Waals surface area contributed by atoms with Crippen LogP contribution in [0.4, 0.5) is 0 Å². The average molecular weight is 262 g/mol. The Morgan fingerprint density at radius 3 is 2.75 bits per heavy atom. The molecular weight excluding hydrogens is 244 g/mol. The third-order valence-corrected chi connectivity index (χ3v) is 3.45. The predicted octanol–water partition coefficient (Wildman–Crippen LogP) is 4.01. The van der Waals surface area contributed by atoms with Crippen molar-refractivity contribution < 1.29 is 0 Å². The summed E-state index contributed by atoms with van der Waals surface area (Å²) in [5, 5.41) is 4.54. The molecule has 0 amide bonds. The molecule has 0 radical (unpaired) electrons. The molecule has 0 aliphatic rings. The third kappa shape index (κ3) is 2.70. The minimum absolute atomic E-state index is 0.913. The number of nitrogens with one attached hydrogen (secondary N) is 1. The highest BCUT2D eigenvalue weighted by molar-refractivity contribution is 5.84. The summed E-state index contributed by atoms with van der Waals surface area (Å²) in [6.07, 6.45) is 1.84. The molecule has 1 N–H and O–H groups in total. The summed E-state index contributed by atoms with van der Waals surface area (Å²) >= 11 is 0. The molecule has 0 unspecified atom stereocenters. The van der Waals surface area contributed by atoms with Crippen LogP contribution in [0.5, 0.6) is 0 Å². The van der Waals surface area contributed by atoms with Crippen LogP contribution in [0.1, 0.15) is 12.5 Å². The van der Waals surface area contributed by atoms with Crippen molar-refractivity contribution in [1.29, 1.82) is 0 Å². The van der Waals surface area contributed by atoms with Crippen molar-refractivity contribution in [3.8, 4) is 11.1 Å².